The van der Waals surface area contributed by atoms with Crippen LogP contribution in [0.2, 0.25) is 0 Å². The molecule has 0 atom stereocenters. The lowest BCUT2D eigenvalue weighted by molar-refractivity contribution is 0.244. The highest BCUT2D eigenvalue weighted by Crippen LogP contribution is 2.34. The van der Waals surface area contributed by atoms with E-state index >= 15 is 0 Å². The lowest BCUT2D eigenvalue weighted by atomic mass is 10.1. The molecule has 0 aliphatic heterocycles. The van der Waals surface area contributed by atoms with Gasteiger partial charge in [0, 0.05) is 25.8 Å². The Morgan fingerprint density at radius 2 is 1.89 bits per heavy atom. The maximum atomic E-state index is 5.77. The van der Waals surface area contributed by atoms with Crippen molar-refractivity contribution in [3.63, 3.8) is 0 Å². The molecule has 1 aromatic heterocycles. The third-order valence-corrected chi connectivity index (χ3v) is 4.14. The zero-order chi connectivity index (χ0) is 13.2. The fourth-order valence-electron chi connectivity index (χ4n) is 2.56. The average Bonchev–Trinajstić information content (AvgIpc) is 3.25. The van der Waals surface area contributed by atoms with Crippen molar-refractivity contribution in [1.82, 2.24) is 9.88 Å². The first kappa shape index (κ1) is 13.0. The molecule has 0 aromatic carbocycles. The van der Waals surface area contributed by atoms with Gasteiger partial charge in [-0.3, -0.25) is 9.88 Å². The van der Waals surface area contributed by atoms with Crippen LogP contribution in [0.3, 0.4) is 0 Å². The molecule has 0 amide bonds. The molecule has 2 aliphatic rings. The summed E-state index contributed by atoms with van der Waals surface area (Å²) >= 11 is 5.10. The molecule has 0 unspecified atom stereocenters. The first-order valence-electron chi connectivity index (χ1n) is 7.18. The molecular weight excluding hydrogens is 254 g/mol. The lowest BCUT2D eigenvalue weighted by Crippen LogP contribution is -2.29. The van der Waals surface area contributed by atoms with Gasteiger partial charge < -0.3 is 5.73 Å². The van der Waals surface area contributed by atoms with Crippen LogP contribution in [0.5, 0.6) is 0 Å². The summed E-state index contributed by atoms with van der Waals surface area (Å²) in [6.07, 6.45) is 7.36. The molecule has 0 spiro atoms. The van der Waals surface area contributed by atoms with Gasteiger partial charge in [0.2, 0.25) is 0 Å². The SMILES string of the molecule is NC(=S)c1ncccc1CN(CC1CC1)CC1CC1. The smallest absolute Gasteiger partial charge is 0.123 e. The number of aromatic nitrogens is 1. The third-order valence-electron chi connectivity index (χ3n) is 3.95. The van der Waals surface area contributed by atoms with Gasteiger partial charge in [-0.25, -0.2) is 0 Å². The zero-order valence-electron chi connectivity index (χ0n) is 11.2. The van der Waals surface area contributed by atoms with Crippen LogP contribution in [0.4, 0.5) is 0 Å². The maximum Gasteiger partial charge on any atom is 0.123 e. The predicted octanol–water partition coefficient (Wildman–Crippen LogP) is 2.34. The summed E-state index contributed by atoms with van der Waals surface area (Å²) in [5, 5.41) is 0. The molecule has 3 rings (SSSR count). The topological polar surface area (TPSA) is 42.1 Å². The van der Waals surface area contributed by atoms with E-state index in [1.54, 1.807) is 6.20 Å². The zero-order valence-corrected chi connectivity index (χ0v) is 12.0. The fourth-order valence-corrected chi connectivity index (χ4v) is 2.75. The molecule has 2 saturated carbocycles. The molecule has 1 aromatic rings. The Hall–Kier alpha value is -1.00. The van der Waals surface area contributed by atoms with E-state index in [2.05, 4.69) is 16.0 Å². The van der Waals surface area contributed by atoms with Gasteiger partial charge in [-0.05, 0) is 49.1 Å². The first-order chi connectivity index (χ1) is 9.22. The molecule has 19 heavy (non-hydrogen) atoms. The van der Waals surface area contributed by atoms with E-state index in [-0.39, 0.29) is 0 Å². The highest BCUT2D eigenvalue weighted by atomic mass is 32.1. The minimum Gasteiger partial charge on any atom is -0.388 e. The molecule has 0 saturated heterocycles. The molecular formula is C15H21N3S. The van der Waals surface area contributed by atoms with Gasteiger partial charge in [0.15, 0.2) is 0 Å². The van der Waals surface area contributed by atoms with Crippen LogP contribution in [0.1, 0.15) is 36.9 Å². The highest BCUT2D eigenvalue weighted by Gasteiger charge is 2.29. The van der Waals surface area contributed by atoms with Crippen molar-refractivity contribution in [2.45, 2.75) is 32.2 Å². The second-order valence-corrected chi connectivity index (χ2v) is 6.40. The molecule has 102 valence electrons. The van der Waals surface area contributed by atoms with Crippen molar-refractivity contribution in [1.29, 1.82) is 0 Å². The number of rotatable bonds is 7. The molecule has 0 bridgehead atoms. The van der Waals surface area contributed by atoms with Crippen LogP contribution < -0.4 is 5.73 Å². The third kappa shape index (κ3) is 3.74. The summed E-state index contributed by atoms with van der Waals surface area (Å²) in [6, 6.07) is 4.08. The lowest BCUT2D eigenvalue weighted by Gasteiger charge is -2.23. The first-order valence-corrected chi connectivity index (χ1v) is 7.59. The van der Waals surface area contributed by atoms with Gasteiger partial charge in [-0.15, -0.1) is 0 Å². The normalized spacial score (nSPS) is 18.8. The Morgan fingerprint density at radius 1 is 1.26 bits per heavy atom. The number of hydrogen-bond acceptors (Lipinski definition) is 3. The summed E-state index contributed by atoms with van der Waals surface area (Å²) < 4.78 is 0. The number of nitrogens with zero attached hydrogens (tertiary/aromatic N) is 2. The van der Waals surface area contributed by atoms with Crippen LogP contribution in [0, 0.1) is 11.8 Å². The summed E-state index contributed by atoms with van der Waals surface area (Å²) in [7, 11) is 0. The fraction of sp³-hybridized carbons (Fsp3) is 0.600. The Bertz CT molecular complexity index is 452. The van der Waals surface area contributed by atoms with Gasteiger partial charge >= 0.3 is 0 Å². The van der Waals surface area contributed by atoms with E-state index in [1.165, 1.54) is 44.3 Å². The molecule has 2 N–H and O–H groups in total. The second-order valence-electron chi connectivity index (χ2n) is 5.96. The molecule has 1 heterocycles. The number of thiocarbonyl (C=S) groups is 1. The van der Waals surface area contributed by atoms with Crippen molar-refractivity contribution < 1.29 is 0 Å². The quantitative estimate of drug-likeness (QED) is 0.776. The van der Waals surface area contributed by atoms with Crippen LogP contribution in [0.15, 0.2) is 18.3 Å². The van der Waals surface area contributed by atoms with Gasteiger partial charge in [0.25, 0.3) is 0 Å². The average molecular weight is 275 g/mol. The van der Waals surface area contributed by atoms with E-state index < -0.39 is 0 Å². The minimum atomic E-state index is 0.411. The Morgan fingerprint density at radius 3 is 2.42 bits per heavy atom. The summed E-state index contributed by atoms with van der Waals surface area (Å²) in [5.41, 5.74) is 7.75. The van der Waals surface area contributed by atoms with Gasteiger partial charge in [-0.1, -0.05) is 18.3 Å². The number of hydrogen-bond donors (Lipinski definition) is 1. The second kappa shape index (κ2) is 5.55. The molecule has 0 radical (unpaired) electrons. The molecule has 4 heteroatoms. The molecule has 2 aliphatic carbocycles. The van der Waals surface area contributed by atoms with Crippen molar-refractivity contribution in [2.75, 3.05) is 13.1 Å². The predicted molar refractivity (Wildman–Crippen MR) is 80.8 cm³/mol. The van der Waals surface area contributed by atoms with Crippen LogP contribution in [0.25, 0.3) is 0 Å². The van der Waals surface area contributed by atoms with Crippen molar-refractivity contribution in [2.24, 2.45) is 17.6 Å². The summed E-state index contributed by atoms with van der Waals surface area (Å²) in [5.74, 6) is 1.84. The van der Waals surface area contributed by atoms with Crippen LogP contribution >= 0.6 is 12.2 Å². The Labute approximate surface area is 120 Å². The van der Waals surface area contributed by atoms with Gasteiger partial charge in [0.05, 0.1) is 0 Å². The monoisotopic (exact) mass is 275 g/mol. The van der Waals surface area contributed by atoms with Gasteiger partial charge in [-0.2, -0.15) is 0 Å². The highest BCUT2D eigenvalue weighted by molar-refractivity contribution is 7.80. The van der Waals surface area contributed by atoms with E-state index in [0.717, 1.165) is 24.1 Å². The largest absolute Gasteiger partial charge is 0.388 e. The van der Waals surface area contributed by atoms with Crippen LogP contribution in [-0.2, 0) is 6.54 Å². The maximum absolute atomic E-state index is 5.77. The van der Waals surface area contributed by atoms with E-state index in [0.29, 0.717) is 4.99 Å². The van der Waals surface area contributed by atoms with E-state index in [9.17, 15) is 0 Å². The summed E-state index contributed by atoms with van der Waals surface area (Å²) in [6.45, 7) is 3.39. The Kier molecular flexibility index (Phi) is 3.80. The van der Waals surface area contributed by atoms with Gasteiger partial charge in [0.1, 0.15) is 10.7 Å². The standard InChI is InChI=1S/C15H21N3S/c16-15(19)14-13(2-1-7-17-14)10-18(8-11-3-4-11)9-12-5-6-12/h1-2,7,11-12H,3-6,8-10H2,(H2,16,19). The molecule has 3 nitrogen and oxygen atoms in total. The summed E-state index contributed by atoms with van der Waals surface area (Å²) in [4.78, 5) is 7.32. The molecule has 2 fully saturated rings. The number of pyridine rings is 1. The van der Waals surface area contributed by atoms with Crippen LogP contribution in [-0.4, -0.2) is 28.0 Å². The number of nitrogens with two attached hydrogens (primary N) is 1. The Balaban J connectivity index is 1.70. The minimum absolute atomic E-state index is 0.411. The van der Waals surface area contributed by atoms with E-state index in [1.807, 2.05) is 6.07 Å². The van der Waals surface area contributed by atoms with Crippen molar-refractivity contribution in [3.05, 3.63) is 29.6 Å². The van der Waals surface area contributed by atoms with Crippen molar-refractivity contribution >= 4 is 17.2 Å². The van der Waals surface area contributed by atoms with E-state index in [4.69, 9.17) is 18.0 Å². The van der Waals surface area contributed by atoms with Crippen molar-refractivity contribution in [3.8, 4) is 0 Å².